The van der Waals surface area contributed by atoms with E-state index in [1.54, 1.807) is 18.5 Å². The van der Waals surface area contributed by atoms with Crippen molar-refractivity contribution in [3.63, 3.8) is 0 Å². The Balaban J connectivity index is 2.15. The molecule has 0 fully saturated rings. The molecule has 0 aliphatic carbocycles. The van der Waals surface area contributed by atoms with E-state index in [1.165, 1.54) is 0 Å². The molecule has 0 atom stereocenters. The van der Waals surface area contributed by atoms with Gasteiger partial charge in [0.1, 0.15) is 5.75 Å². The summed E-state index contributed by atoms with van der Waals surface area (Å²) < 4.78 is 6.09. The van der Waals surface area contributed by atoms with Crippen molar-refractivity contribution >= 4 is 33.7 Å². The monoisotopic (exact) mass is 315 g/mol. The zero-order chi connectivity index (χ0) is 12.3. The van der Waals surface area contributed by atoms with Gasteiger partial charge < -0.3 is 9.52 Å². The molecule has 2 aromatic heterocycles. The lowest BCUT2D eigenvalue weighted by Gasteiger charge is -1.94. The molecule has 0 amide bonds. The average Bonchev–Trinajstić information content (AvgIpc) is 2.75. The molecule has 8 heteroatoms. The molecule has 2 rings (SSSR count). The van der Waals surface area contributed by atoms with Crippen LogP contribution in [0.5, 0.6) is 0 Å². The van der Waals surface area contributed by atoms with Crippen LogP contribution in [0.1, 0.15) is 0 Å². The van der Waals surface area contributed by atoms with Gasteiger partial charge >= 0.3 is 5.97 Å². The summed E-state index contributed by atoms with van der Waals surface area (Å²) in [4.78, 5) is 14.3. The van der Waals surface area contributed by atoms with E-state index in [0.29, 0.717) is 11.5 Å². The maximum atomic E-state index is 10.4. The number of aliphatic carboxylic acids is 1. The van der Waals surface area contributed by atoms with Crippen LogP contribution >= 0.6 is 27.7 Å². The third-order valence-corrected chi connectivity index (χ3v) is 2.91. The van der Waals surface area contributed by atoms with Crippen LogP contribution in [0.15, 0.2) is 32.6 Å². The number of pyridine rings is 1. The second kappa shape index (κ2) is 5.28. The first-order valence-corrected chi connectivity index (χ1v) is 6.22. The molecular formula is C9H6BrN3O3S. The van der Waals surface area contributed by atoms with E-state index in [4.69, 9.17) is 9.52 Å². The fourth-order valence-electron chi connectivity index (χ4n) is 1.04. The number of nitrogens with zero attached hydrogens (tertiary/aromatic N) is 3. The number of halogens is 1. The number of hydrogen-bond donors (Lipinski definition) is 1. The number of carbonyl (C=O) groups is 1. The Morgan fingerprint density at radius 2 is 2.29 bits per heavy atom. The van der Waals surface area contributed by atoms with Crippen LogP contribution in [-0.4, -0.2) is 32.0 Å². The number of carboxylic acid groups (broad SMARTS) is 1. The molecule has 17 heavy (non-hydrogen) atoms. The van der Waals surface area contributed by atoms with Gasteiger partial charge in [0.2, 0.25) is 5.89 Å². The highest BCUT2D eigenvalue weighted by atomic mass is 79.9. The van der Waals surface area contributed by atoms with E-state index in [-0.39, 0.29) is 11.0 Å². The van der Waals surface area contributed by atoms with E-state index in [2.05, 4.69) is 31.1 Å². The van der Waals surface area contributed by atoms with Crippen molar-refractivity contribution in [2.45, 2.75) is 5.22 Å². The zero-order valence-electron chi connectivity index (χ0n) is 8.33. The lowest BCUT2D eigenvalue weighted by atomic mass is 10.3. The van der Waals surface area contributed by atoms with E-state index in [9.17, 15) is 4.79 Å². The summed E-state index contributed by atoms with van der Waals surface area (Å²) in [7, 11) is 0. The van der Waals surface area contributed by atoms with Gasteiger partial charge in [0, 0.05) is 16.9 Å². The number of rotatable bonds is 4. The van der Waals surface area contributed by atoms with Crippen LogP contribution < -0.4 is 0 Å². The van der Waals surface area contributed by atoms with Crippen molar-refractivity contribution in [3.8, 4) is 11.5 Å². The van der Waals surface area contributed by atoms with E-state index >= 15 is 0 Å². The van der Waals surface area contributed by atoms with Gasteiger partial charge in [0.15, 0.2) is 0 Å². The first-order valence-electron chi connectivity index (χ1n) is 4.44. The molecule has 6 nitrogen and oxygen atoms in total. The lowest BCUT2D eigenvalue weighted by Crippen LogP contribution is -1.97. The normalized spacial score (nSPS) is 10.4. The van der Waals surface area contributed by atoms with Gasteiger partial charge in [0.05, 0.1) is 5.56 Å². The topological polar surface area (TPSA) is 89.1 Å². The molecule has 0 aliphatic heterocycles. The Labute approximate surface area is 109 Å². The highest BCUT2D eigenvalue weighted by molar-refractivity contribution is 9.10. The Kier molecular flexibility index (Phi) is 3.75. The maximum Gasteiger partial charge on any atom is 0.314 e. The summed E-state index contributed by atoms with van der Waals surface area (Å²) in [5, 5.41) is 16.3. The van der Waals surface area contributed by atoms with Crippen LogP contribution in [0.25, 0.3) is 11.5 Å². The molecule has 88 valence electrons. The molecule has 0 unspecified atom stereocenters. The number of aromatic nitrogens is 3. The zero-order valence-corrected chi connectivity index (χ0v) is 10.7. The lowest BCUT2D eigenvalue weighted by molar-refractivity contribution is -0.133. The van der Waals surface area contributed by atoms with Crippen LogP contribution in [0.4, 0.5) is 0 Å². The summed E-state index contributed by atoms with van der Waals surface area (Å²) in [6.45, 7) is 0. The maximum absolute atomic E-state index is 10.4. The predicted molar refractivity (Wildman–Crippen MR) is 63.6 cm³/mol. The number of hydrogen-bond acceptors (Lipinski definition) is 6. The van der Waals surface area contributed by atoms with Crippen LogP contribution in [-0.2, 0) is 4.79 Å². The molecule has 2 heterocycles. The molecule has 1 N–H and O–H groups in total. The summed E-state index contributed by atoms with van der Waals surface area (Å²) in [5.41, 5.74) is 0.675. The predicted octanol–water partition coefficient (Wildman–Crippen LogP) is 2.07. The van der Waals surface area contributed by atoms with Crippen molar-refractivity contribution in [2.24, 2.45) is 0 Å². The van der Waals surface area contributed by atoms with Crippen molar-refractivity contribution in [3.05, 3.63) is 22.9 Å². The summed E-state index contributed by atoms with van der Waals surface area (Å²) in [5.74, 6) is -0.733. The average molecular weight is 316 g/mol. The van der Waals surface area contributed by atoms with Gasteiger partial charge in [-0.2, -0.15) is 0 Å². The molecule has 0 spiro atoms. The third-order valence-electron chi connectivity index (χ3n) is 1.68. The SMILES string of the molecule is O=C(O)CSc1nnc(-c2cncc(Br)c2)o1. The van der Waals surface area contributed by atoms with E-state index in [0.717, 1.165) is 16.2 Å². The van der Waals surface area contributed by atoms with Gasteiger partial charge in [-0.25, -0.2) is 0 Å². The Morgan fingerprint density at radius 1 is 1.47 bits per heavy atom. The quantitative estimate of drug-likeness (QED) is 0.864. The molecule has 2 aromatic rings. The fraction of sp³-hybridized carbons (Fsp3) is 0.111. The van der Waals surface area contributed by atoms with Crippen molar-refractivity contribution < 1.29 is 14.3 Å². The number of carboxylic acids is 1. The Morgan fingerprint density at radius 3 is 3.00 bits per heavy atom. The van der Waals surface area contributed by atoms with Crippen molar-refractivity contribution in [1.82, 2.24) is 15.2 Å². The first-order chi connectivity index (χ1) is 8.15. The van der Waals surface area contributed by atoms with Gasteiger partial charge in [0.25, 0.3) is 5.22 Å². The van der Waals surface area contributed by atoms with Gasteiger partial charge in [-0.1, -0.05) is 11.8 Å². The standard InChI is InChI=1S/C9H6BrN3O3S/c10-6-1-5(2-11-3-6)8-12-13-9(16-8)17-4-7(14)15/h1-3H,4H2,(H,14,15). The molecule has 0 aliphatic rings. The minimum atomic E-state index is -0.932. The highest BCUT2D eigenvalue weighted by Gasteiger charge is 2.10. The molecular weight excluding hydrogens is 310 g/mol. The second-order valence-electron chi connectivity index (χ2n) is 2.95. The Hall–Kier alpha value is -1.41. The Bertz CT molecular complexity index is 546. The first kappa shape index (κ1) is 12.1. The largest absolute Gasteiger partial charge is 0.481 e. The van der Waals surface area contributed by atoms with Gasteiger partial charge in [-0.3, -0.25) is 9.78 Å². The van der Waals surface area contributed by atoms with Crippen LogP contribution in [0.3, 0.4) is 0 Å². The molecule has 0 saturated heterocycles. The second-order valence-corrected chi connectivity index (χ2v) is 4.79. The van der Waals surface area contributed by atoms with Gasteiger partial charge in [-0.05, 0) is 22.0 Å². The van der Waals surface area contributed by atoms with Crippen LogP contribution in [0.2, 0.25) is 0 Å². The molecule has 0 aromatic carbocycles. The smallest absolute Gasteiger partial charge is 0.314 e. The summed E-state index contributed by atoms with van der Waals surface area (Å²) in [6, 6.07) is 1.78. The minimum absolute atomic E-state index is 0.113. The van der Waals surface area contributed by atoms with Crippen LogP contribution in [0, 0.1) is 0 Å². The molecule has 0 saturated carbocycles. The summed E-state index contributed by atoms with van der Waals surface area (Å²) >= 11 is 4.26. The number of thioether (sulfide) groups is 1. The van der Waals surface area contributed by atoms with Crippen molar-refractivity contribution in [2.75, 3.05) is 5.75 Å². The summed E-state index contributed by atoms with van der Waals surface area (Å²) in [6.07, 6.45) is 3.23. The molecule has 0 radical (unpaired) electrons. The third kappa shape index (κ3) is 3.27. The highest BCUT2D eigenvalue weighted by Crippen LogP contribution is 2.24. The van der Waals surface area contributed by atoms with Gasteiger partial charge in [-0.15, -0.1) is 10.2 Å². The molecule has 0 bridgehead atoms. The van der Waals surface area contributed by atoms with E-state index in [1.807, 2.05) is 0 Å². The fourth-order valence-corrected chi connectivity index (χ4v) is 1.89. The van der Waals surface area contributed by atoms with E-state index < -0.39 is 5.97 Å². The minimum Gasteiger partial charge on any atom is -0.481 e. The van der Waals surface area contributed by atoms with Crippen molar-refractivity contribution in [1.29, 1.82) is 0 Å².